The Morgan fingerprint density at radius 1 is 1.39 bits per heavy atom. The number of nitrogens with zero attached hydrogens (tertiary/aromatic N) is 3. The lowest BCUT2D eigenvalue weighted by molar-refractivity contribution is 0.571. The highest BCUT2D eigenvalue weighted by molar-refractivity contribution is 5.82. The summed E-state index contributed by atoms with van der Waals surface area (Å²) in [5.74, 6) is 0. The van der Waals surface area contributed by atoms with Crippen molar-refractivity contribution in [3.05, 3.63) is 41.9 Å². The van der Waals surface area contributed by atoms with Crippen LogP contribution in [0.15, 0.2) is 35.2 Å². The summed E-state index contributed by atoms with van der Waals surface area (Å²) in [6, 6.07) is 4.79. The first-order chi connectivity index (χ1) is 8.72. The molecule has 5 heteroatoms. The van der Waals surface area contributed by atoms with E-state index in [4.69, 9.17) is 4.42 Å². The quantitative estimate of drug-likeness (QED) is 0.766. The second-order valence-corrected chi connectivity index (χ2v) is 4.36. The van der Waals surface area contributed by atoms with Crippen molar-refractivity contribution in [3.63, 3.8) is 0 Å². The SMILES string of the molecule is Cc1cc(CNc2ncco2)c2nn(C)cc2c1. The molecule has 5 nitrogen and oxygen atoms in total. The Kier molecular flexibility index (Phi) is 2.51. The van der Waals surface area contributed by atoms with Crippen molar-refractivity contribution < 1.29 is 4.42 Å². The van der Waals surface area contributed by atoms with Crippen LogP contribution in [0.3, 0.4) is 0 Å². The Labute approximate surface area is 104 Å². The van der Waals surface area contributed by atoms with E-state index in [1.807, 2.05) is 17.9 Å². The van der Waals surface area contributed by atoms with Gasteiger partial charge in [0.05, 0.1) is 11.7 Å². The van der Waals surface area contributed by atoms with E-state index in [1.54, 1.807) is 12.5 Å². The fourth-order valence-corrected chi connectivity index (χ4v) is 2.11. The number of rotatable bonds is 3. The summed E-state index contributed by atoms with van der Waals surface area (Å²) in [5.41, 5.74) is 3.38. The van der Waals surface area contributed by atoms with Crippen LogP contribution in [0.25, 0.3) is 10.9 Å². The molecule has 3 rings (SSSR count). The number of benzene rings is 1. The van der Waals surface area contributed by atoms with Gasteiger partial charge >= 0.3 is 0 Å². The van der Waals surface area contributed by atoms with E-state index in [0.29, 0.717) is 12.6 Å². The van der Waals surface area contributed by atoms with E-state index in [-0.39, 0.29) is 0 Å². The molecule has 0 bridgehead atoms. The number of nitrogens with one attached hydrogen (secondary N) is 1. The van der Waals surface area contributed by atoms with Crippen molar-refractivity contribution in [2.75, 3.05) is 5.32 Å². The monoisotopic (exact) mass is 242 g/mol. The Balaban J connectivity index is 1.95. The summed E-state index contributed by atoms with van der Waals surface area (Å²) < 4.78 is 6.99. The van der Waals surface area contributed by atoms with Crippen LogP contribution in [0, 0.1) is 6.92 Å². The summed E-state index contributed by atoms with van der Waals surface area (Å²) >= 11 is 0. The van der Waals surface area contributed by atoms with Crippen molar-refractivity contribution in [2.24, 2.45) is 7.05 Å². The van der Waals surface area contributed by atoms with Crippen LogP contribution in [-0.2, 0) is 13.6 Å². The minimum atomic E-state index is 0.528. The topological polar surface area (TPSA) is 55.9 Å². The smallest absolute Gasteiger partial charge is 0.294 e. The van der Waals surface area contributed by atoms with Gasteiger partial charge in [-0.05, 0) is 24.1 Å². The number of anilines is 1. The molecule has 0 atom stereocenters. The molecule has 0 saturated carbocycles. The minimum absolute atomic E-state index is 0.528. The molecule has 2 aromatic heterocycles. The van der Waals surface area contributed by atoms with Crippen LogP contribution in [-0.4, -0.2) is 14.8 Å². The van der Waals surface area contributed by atoms with Crippen LogP contribution in [0.4, 0.5) is 6.01 Å². The zero-order valence-electron chi connectivity index (χ0n) is 10.3. The molecule has 18 heavy (non-hydrogen) atoms. The molecule has 0 aliphatic heterocycles. The molecule has 0 amide bonds. The van der Waals surface area contributed by atoms with Crippen molar-refractivity contribution in [1.29, 1.82) is 0 Å². The molecule has 2 heterocycles. The van der Waals surface area contributed by atoms with Gasteiger partial charge in [-0.25, -0.2) is 4.98 Å². The third-order valence-electron chi connectivity index (χ3n) is 2.81. The Bertz CT molecular complexity index is 670. The lowest BCUT2D eigenvalue weighted by atomic mass is 10.1. The molecule has 0 aliphatic rings. The van der Waals surface area contributed by atoms with Crippen LogP contribution in [0.2, 0.25) is 0 Å². The number of fused-ring (bicyclic) bond motifs is 1. The van der Waals surface area contributed by atoms with E-state index >= 15 is 0 Å². The third-order valence-corrected chi connectivity index (χ3v) is 2.81. The predicted molar refractivity (Wildman–Crippen MR) is 69.3 cm³/mol. The zero-order chi connectivity index (χ0) is 12.5. The van der Waals surface area contributed by atoms with Gasteiger partial charge in [-0.15, -0.1) is 0 Å². The maximum Gasteiger partial charge on any atom is 0.294 e. The number of hydrogen-bond acceptors (Lipinski definition) is 4. The first kappa shape index (κ1) is 10.8. The zero-order valence-corrected chi connectivity index (χ0v) is 10.3. The van der Waals surface area contributed by atoms with Gasteiger partial charge in [0.15, 0.2) is 0 Å². The molecule has 0 aliphatic carbocycles. The molecule has 1 N–H and O–H groups in total. The number of aryl methyl sites for hydroxylation is 2. The third kappa shape index (κ3) is 1.95. The van der Waals surface area contributed by atoms with E-state index in [1.165, 1.54) is 5.56 Å². The molecule has 0 fully saturated rings. The highest BCUT2D eigenvalue weighted by atomic mass is 16.4. The number of oxazole rings is 1. The molecule has 3 aromatic rings. The highest BCUT2D eigenvalue weighted by Gasteiger charge is 2.07. The predicted octanol–water partition coefficient (Wildman–Crippen LogP) is 2.48. The summed E-state index contributed by atoms with van der Waals surface area (Å²) in [5, 5.41) is 8.78. The summed E-state index contributed by atoms with van der Waals surface area (Å²) in [7, 11) is 1.93. The molecular formula is C13H14N4O. The second kappa shape index (κ2) is 4.18. The van der Waals surface area contributed by atoms with Crippen LogP contribution < -0.4 is 5.32 Å². The largest absolute Gasteiger partial charge is 0.432 e. The van der Waals surface area contributed by atoms with Gasteiger partial charge in [0.1, 0.15) is 6.26 Å². The Morgan fingerprint density at radius 2 is 2.28 bits per heavy atom. The van der Waals surface area contributed by atoms with Gasteiger partial charge in [0.25, 0.3) is 6.01 Å². The van der Waals surface area contributed by atoms with Gasteiger partial charge in [-0.1, -0.05) is 6.07 Å². The average molecular weight is 242 g/mol. The van der Waals surface area contributed by atoms with Crippen LogP contribution in [0.1, 0.15) is 11.1 Å². The Morgan fingerprint density at radius 3 is 3.06 bits per heavy atom. The summed E-state index contributed by atoms with van der Waals surface area (Å²) in [6.45, 7) is 2.73. The van der Waals surface area contributed by atoms with Gasteiger partial charge in [0, 0.05) is 25.2 Å². The molecular weight excluding hydrogens is 228 g/mol. The lowest BCUT2D eigenvalue weighted by Gasteiger charge is -2.04. The Hall–Kier alpha value is -2.30. The maximum absolute atomic E-state index is 5.15. The molecule has 0 unspecified atom stereocenters. The van der Waals surface area contributed by atoms with E-state index in [0.717, 1.165) is 16.5 Å². The molecule has 1 aromatic carbocycles. The highest BCUT2D eigenvalue weighted by Crippen LogP contribution is 2.20. The van der Waals surface area contributed by atoms with Gasteiger partial charge in [0.2, 0.25) is 0 Å². The normalized spacial score (nSPS) is 11.0. The van der Waals surface area contributed by atoms with Gasteiger partial charge < -0.3 is 9.73 Å². The first-order valence-electron chi connectivity index (χ1n) is 5.78. The number of aromatic nitrogens is 3. The average Bonchev–Trinajstić information content (AvgIpc) is 2.93. The van der Waals surface area contributed by atoms with Crippen molar-refractivity contribution >= 4 is 16.9 Å². The van der Waals surface area contributed by atoms with E-state index in [2.05, 4.69) is 34.5 Å². The standard InChI is InChI=1S/C13H14N4O/c1-9-5-10(7-15-13-14-3-4-18-13)12-11(6-9)8-17(2)16-12/h3-6,8H,7H2,1-2H3,(H,14,15). The fourth-order valence-electron chi connectivity index (χ4n) is 2.11. The molecule has 92 valence electrons. The van der Waals surface area contributed by atoms with E-state index in [9.17, 15) is 0 Å². The fraction of sp³-hybridized carbons (Fsp3) is 0.231. The first-order valence-corrected chi connectivity index (χ1v) is 5.78. The summed E-state index contributed by atoms with van der Waals surface area (Å²) in [6.07, 6.45) is 5.20. The van der Waals surface area contributed by atoms with Crippen molar-refractivity contribution in [2.45, 2.75) is 13.5 Å². The maximum atomic E-state index is 5.15. The van der Waals surface area contributed by atoms with Crippen LogP contribution >= 0.6 is 0 Å². The van der Waals surface area contributed by atoms with Crippen molar-refractivity contribution in [1.82, 2.24) is 14.8 Å². The van der Waals surface area contributed by atoms with E-state index < -0.39 is 0 Å². The molecule has 0 radical (unpaired) electrons. The van der Waals surface area contributed by atoms with Crippen molar-refractivity contribution in [3.8, 4) is 0 Å². The molecule has 0 spiro atoms. The van der Waals surface area contributed by atoms with Crippen LogP contribution in [0.5, 0.6) is 0 Å². The second-order valence-electron chi connectivity index (χ2n) is 4.36. The summed E-state index contributed by atoms with van der Waals surface area (Å²) in [4.78, 5) is 4.04. The minimum Gasteiger partial charge on any atom is -0.432 e. The molecule has 0 saturated heterocycles. The van der Waals surface area contributed by atoms with Gasteiger partial charge in [-0.2, -0.15) is 5.10 Å². The number of hydrogen-bond donors (Lipinski definition) is 1. The van der Waals surface area contributed by atoms with Gasteiger partial charge in [-0.3, -0.25) is 4.68 Å². The lowest BCUT2D eigenvalue weighted by Crippen LogP contribution is -2.01.